The van der Waals surface area contributed by atoms with Crippen LogP contribution in [0.3, 0.4) is 0 Å². The Balaban J connectivity index is 1.68. The minimum absolute atomic E-state index is 0.0271. The molecular weight excluding hydrogens is 382 g/mol. The lowest BCUT2D eigenvalue weighted by atomic mass is 9.94. The topological polar surface area (TPSA) is 86.0 Å². The molecule has 0 aliphatic heterocycles. The Kier molecular flexibility index (Phi) is 8.04. The third kappa shape index (κ3) is 5.70. The lowest BCUT2D eigenvalue weighted by Gasteiger charge is -2.34. The highest BCUT2D eigenvalue weighted by Crippen LogP contribution is 2.24. The third-order valence-electron chi connectivity index (χ3n) is 5.70. The number of aliphatic hydroxyl groups excluding tert-OH is 1. The Morgan fingerprint density at radius 2 is 1.90 bits per heavy atom. The predicted octanol–water partition coefficient (Wildman–Crippen LogP) is 2.80. The van der Waals surface area contributed by atoms with Crippen molar-refractivity contribution in [1.82, 2.24) is 10.2 Å². The van der Waals surface area contributed by atoms with Crippen molar-refractivity contribution < 1.29 is 19.1 Å². The molecule has 1 aliphatic rings. The van der Waals surface area contributed by atoms with Crippen LogP contribution < -0.4 is 10.2 Å². The van der Waals surface area contributed by atoms with Crippen LogP contribution >= 0.6 is 0 Å². The van der Waals surface area contributed by atoms with Crippen molar-refractivity contribution in [1.29, 1.82) is 0 Å². The van der Waals surface area contributed by atoms with E-state index >= 15 is 0 Å². The van der Waals surface area contributed by atoms with Gasteiger partial charge < -0.3 is 19.7 Å². The van der Waals surface area contributed by atoms with Crippen LogP contribution in [0.1, 0.15) is 48.2 Å². The van der Waals surface area contributed by atoms with E-state index in [4.69, 9.17) is 4.42 Å². The van der Waals surface area contributed by atoms with Gasteiger partial charge in [-0.25, -0.2) is 0 Å². The first-order chi connectivity index (χ1) is 14.6. The number of nitrogens with one attached hydrogen (secondary N) is 1. The van der Waals surface area contributed by atoms with Gasteiger partial charge in [0.2, 0.25) is 5.91 Å². The Morgan fingerprint density at radius 3 is 2.60 bits per heavy atom. The predicted molar refractivity (Wildman–Crippen MR) is 115 cm³/mol. The van der Waals surface area contributed by atoms with Crippen molar-refractivity contribution in [3.05, 3.63) is 54.0 Å². The lowest BCUT2D eigenvalue weighted by Crippen LogP contribution is -2.46. The third-order valence-corrected chi connectivity index (χ3v) is 5.70. The van der Waals surface area contributed by atoms with E-state index < -0.39 is 0 Å². The fraction of sp³-hybridized carbons (Fsp3) is 0.478. The monoisotopic (exact) mass is 413 g/mol. The molecule has 30 heavy (non-hydrogen) atoms. The Morgan fingerprint density at radius 1 is 1.13 bits per heavy atom. The Hall–Kier alpha value is -2.64. The standard InChI is InChI=1S/C23H31N3O4/c1-25(22(28)17-26(13-14-27)18-8-3-2-4-9-18)21-12-6-5-11-20(21)23(29)24-16-19-10-7-15-30-19/h5-7,10-12,15,18,27H,2-4,8-9,13-14,16-17H2,1H3,(H,24,29). The zero-order valence-corrected chi connectivity index (χ0v) is 17.5. The van der Waals surface area contributed by atoms with Crippen molar-refractivity contribution in [3.63, 3.8) is 0 Å². The molecule has 1 aromatic carbocycles. The molecule has 1 fully saturated rings. The number of nitrogens with zero attached hydrogens (tertiary/aromatic N) is 2. The molecule has 2 amide bonds. The van der Waals surface area contributed by atoms with Gasteiger partial charge in [0.15, 0.2) is 0 Å². The molecule has 1 aromatic heterocycles. The molecule has 1 saturated carbocycles. The number of anilines is 1. The molecule has 0 atom stereocenters. The first-order valence-corrected chi connectivity index (χ1v) is 10.6. The molecule has 1 aliphatic carbocycles. The van der Waals surface area contributed by atoms with Crippen LogP contribution in [0.2, 0.25) is 0 Å². The summed E-state index contributed by atoms with van der Waals surface area (Å²) in [5.41, 5.74) is 0.998. The number of furan rings is 1. The number of hydrogen-bond donors (Lipinski definition) is 2. The molecule has 2 N–H and O–H groups in total. The number of para-hydroxylation sites is 1. The molecule has 0 radical (unpaired) electrons. The van der Waals surface area contributed by atoms with Crippen molar-refractivity contribution >= 4 is 17.5 Å². The zero-order valence-electron chi connectivity index (χ0n) is 17.5. The highest BCUT2D eigenvalue weighted by molar-refractivity contribution is 6.04. The van der Waals surface area contributed by atoms with Crippen LogP contribution in [-0.2, 0) is 11.3 Å². The first kappa shape index (κ1) is 22.1. The second-order valence-corrected chi connectivity index (χ2v) is 7.72. The maximum absolute atomic E-state index is 13.0. The minimum atomic E-state index is -0.263. The highest BCUT2D eigenvalue weighted by Gasteiger charge is 2.25. The van der Waals surface area contributed by atoms with Gasteiger partial charge in [0.05, 0.1) is 37.2 Å². The molecule has 162 valence electrons. The fourth-order valence-electron chi connectivity index (χ4n) is 4.01. The maximum atomic E-state index is 13.0. The number of aliphatic hydroxyl groups is 1. The average Bonchev–Trinajstić information content (AvgIpc) is 3.31. The molecule has 3 rings (SSSR count). The van der Waals surface area contributed by atoms with Gasteiger partial charge in [-0.15, -0.1) is 0 Å². The van der Waals surface area contributed by atoms with E-state index in [9.17, 15) is 14.7 Å². The van der Waals surface area contributed by atoms with E-state index in [1.54, 1.807) is 43.6 Å². The minimum Gasteiger partial charge on any atom is -0.467 e. The number of rotatable bonds is 9. The molecule has 0 bridgehead atoms. The number of carbonyl (C=O) groups is 2. The molecular formula is C23H31N3O4. The summed E-state index contributed by atoms with van der Waals surface area (Å²) in [5, 5.41) is 12.3. The van der Waals surface area contributed by atoms with Gasteiger partial charge in [-0.05, 0) is 37.1 Å². The summed E-state index contributed by atoms with van der Waals surface area (Å²) in [5.74, 6) is 0.304. The van der Waals surface area contributed by atoms with Crippen molar-refractivity contribution in [2.24, 2.45) is 0 Å². The summed E-state index contributed by atoms with van der Waals surface area (Å²) < 4.78 is 5.25. The average molecular weight is 414 g/mol. The largest absolute Gasteiger partial charge is 0.467 e. The summed E-state index contributed by atoms with van der Waals surface area (Å²) in [6.07, 6.45) is 7.24. The summed E-state index contributed by atoms with van der Waals surface area (Å²) in [6.45, 7) is 1.02. The molecule has 0 saturated heterocycles. The van der Waals surface area contributed by atoms with E-state index in [0.29, 0.717) is 29.6 Å². The second-order valence-electron chi connectivity index (χ2n) is 7.72. The lowest BCUT2D eigenvalue weighted by molar-refractivity contribution is -0.120. The van der Waals surface area contributed by atoms with Crippen LogP contribution in [0.15, 0.2) is 47.1 Å². The van der Waals surface area contributed by atoms with Gasteiger partial charge in [0.25, 0.3) is 5.91 Å². The van der Waals surface area contributed by atoms with Gasteiger partial charge in [-0.2, -0.15) is 0 Å². The molecule has 0 unspecified atom stereocenters. The second kappa shape index (κ2) is 10.9. The number of likely N-dealkylation sites (N-methyl/N-ethyl adjacent to an activating group) is 1. The molecule has 7 heteroatoms. The highest BCUT2D eigenvalue weighted by atomic mass is 16.3. The fourth-order valence-corrected chi connectivity index (χ4v) is 4.01. The van der Waals surface area contributed by atoms with Crippen LogP contribution in [0.4, 0.5) is 5.69 Å². The summed E-state index contributed by atoms with van der Waals surface area (Å²) in [7, 11) is 1.69. The first-order valence-electron chi connectivity index (χ1n) is 10.6. The molecule has 2 aromatic rings. The van der Waals surface area contributed by atoms with E-state index in [-0.39, 0.29) is 31.5 Å². The summed E-state index contributed by atoms with van der Waals surface area (Å²) in [6, 6.07) is 11.0. The van der Waals surface area contributed by atoms with Crippen LogP contribution in [0, 0.1) is 0 Å². The van der Waals surface area contributed by atoms with Crippen LogP contribution in [0.5, 0.6) is 0 Å². The number of hydrogen-bond acceptors (Lipinski definition) is 5. The van der Waals surface area contributed by atoms with Gasteiger partial charge in [0, 0.05) is 19.6 Å². The zero-order chi connectivity index (χ0) is 21.3. The van der Waals surface area contributed by atoms with Gasteiger partial charge in [-0.3, -0.25) is 14.5 Å². The molecule has 0 spiro atoms. The van der Waals surface area contributed by atoms with Gasteiger partial charge >= 0.3 is 0 Å². The molecule has 7 nitrogen and oxygen atoms in total. The number of benzene rings is 1. The summed E-state index contributed by atoms with van der Waals surface area (Å²) >= 11 is 0. The Bertz CT molecular complexity index is 816. The van der Waals surface area contributed by atoms with E-state index in [0.717, 1.165) is 25.7 Å². The normalized spacial score (nSPS) is 14.6. The van der Waals surface area contributed by atoms with Crippen LogP contribution in [-0.4, -0.2) is 54.6 Å². The number of amides is 2. The van der Waals surface area contributed by atoms with Crippen LogP contribution in [0.25, 0.3) is 0 Å². The Labute approximate surface area is 177 Å². The SMILES string of the molecule is CN(C(=O)CN(CCO)C1CCCCC1)c1ccccc1C(=O)NCc1ccco1. The number of carbonyl (C=O) groups excluding carboxylic acids is 2. The maximum Gasteiger partial charge on any atom is 0.253 e. The van der Waals surface area contributed by atoms with Crippen molar-refractivity contribution in [2.75, 3.05) is 31.6 Å². The van der Waals surface area contributed by atoms with E-state index in [1.165, 1.54) is 11.3 Å². The van der Waals surface area contributed by atoms with E-state index in [2.05, 4.69) is 10.2 Å². The summed E-state index contributed by atoms with van der Waals surface area (Å²) in [4.78, 5) is 29.4. The van der Waals surface area contributed by atoms with Gasteiger partial charge in [0.1, 0.15) is 5.76 Å². The van der Waals surface area contributed by atoms with Crippen molar-refractivity contribution in [3.8, 4) is 0 Å². The van der Waals surface area contributed by atoms with E-state index in [1.807, 2.05) is 6.07 Å². The quantitative estimate of drug-likeness (QED) is 0.660. The molecule has 1 heterocycles. The van der Waals surface area contributed by atoms with Gasteiger partial charge in [-0.1, -0.05) is 31.4 Å². The smallest absolute Gasteiger partial charge is 0.253 e. The van der Waals surface area contributed by atoms with Crippen molar-refractivity contribution in [2.45, 2.75) is 44.7 Å².